The van der Waals surface area contributed by atoms with E-state index in [1.807, 2.05) is 4.90 Å². The standard InChI is InChI=1S/C20H19ClF2N4OS/c21-14-10-13-17-18(16(14)12-2-1-11(22)9-15(12)23)29-8-7-27(17)20(28)25-19(13)26-5-3-24-4-6-26/h1-2,9-10,20,24,28H,3-8H2. The molecule has 1 atom stereocenters. The fourth-order valence-electron chi connectivity index (χ4n) is 4.12. The second kappa shape index (κ2) is 7.43. The van der Waals surface area contributed by atoms with Gasteiger partial charge in [-0.05, 0) is 18.2 Å². The van der Waals surface area contributed by atoms with Crippen molar-refractivity contribution in [2.45, 2.75) is 11.2 Å². The number of aliphatic hydroxyl groups excluding tert-OH is 1. The van der Waals surface area contributed by atoms with Crippen molar-refractivity contribution in [1.82, 2.24) is 10.2 Å². The van der Waals surface area contributed by atoms with E-state index in [1.54, 1.807) is 17.8 Å². The topological polar surface area (TPSA) is 51.1 Å². The van der Waals surface area contributed by atoms with Gasteiger partial charge in [0.2, 0.25) is 6.35 Å². The zero-order chi connectivity index (χ0) is 20.1. The lowest BCUT2D eigenvalue weighted by Crippen LogP contribution is -2.51. The number of amidine groups is 1. The van der Waals surface area contributed by atoms with Crippen LogP contribution in [0.2, 0.25) is 5.02 Å². The number of hydrogen-bond acceptors (Lipinski definition) is 6. The van der Waals surface area contributed by atoms with Crippen LogP contribution in [0, 0.1) is 11.6 Å². The molecule has 1 unspecified atom stereocenters. The maximum Gasteiger partial charge on any atom is 0.227 e. The third-order valence-electron chi connectivity index (χ3n) is 5.45. The lowest BCUT2D eigenvalue weighted by molar-refractivity contribution is 0.174. The van der Waals surface area contributed by atoms with Crippen LogP contribution in [0.15, 0.2) is 34.2 Å². The van der Waals surface area contributed by atoms with Crippen LogP contribution in [0.4, 0.5) is 14.5 Å². The van der Waals surface area contributed by atoms with Gasteiger partial charge in [0.05, 0.1) is 10.7 Å². The average molecular weight is 437 g/mol. The number of rotatable bonds is 1. The molecule has 1 saturated heterocycles. The highest BCUT2D eigenvalue weighted by molar-refractivity contribution is 7.99. The van der Waals surface area contributed by atoms with Crippen molar-refractivity contribution in [3.05, 3.63) is 46.5 Å². The van der Waals surface area contributed by atoms with Gasteiger partial charge in [-0.2, -0.15) is 0 Å². The first-order chi connectivity index (χ1) is 14.0. The van der Waals surface area contributed by atoms with Gasteiger partial charge < -0.3 is 20.2 Å². The molecule has 1 fully saturated rings. The van der Waals surface area contributed by atoms with Crippen molar-refractivity contribution in [3.63, 3.8) is 0 Å². The molecule has 0 aromatic heterocycles. The first-order valence-electron chi connectivity index (χ1n) is 9.48. The van der Waals surface area contributed by atoms with Gasteiger partial charge in [0, 0.05) is 66.1 Å². The maximum absolute atomic E-state index is 14.6. The number of aliphatic hydroxyl groups is 1. The summed E-state index contributed by atoms with van der Waals surface area (Å²) in [5, 5.41) is 14.4. The fraction of sp³-hybridized carbons (Fsp3) is 0.350. The van der Waals surface area contributed by atoms with Crippen molar-refractivity contribution in [2.75, 3.05) is 43.4 Å². The summed E-state index contributed by atoms with van der Waals surface area (Å²) in [6, 6.07) is 5.31. The largest absolute Gasteiger partial charge is 0.355 e. The van der Waals surface area contributed by atoms with E-state index in [0.717, 1.165) is 48.4 Å². The molecule has 0 aliphatic carbocycles. The Bertz CT molecular complexity index is 1010. The molecule has 3 aliphatic heterocycles. The molecule has 2 aromatic carbocycles. The van der Waals surface area contributed by atoms with Gasteiger partial charge in [-0.25, -0.2) is 13.8 Å². The second-order valence-electron chi connectivity index (χ2n) is 7.16. The monoisotopic (exact) mass is 436 g/mol. The number of anilines is 1. The number of nitrogens with one attached hydrogen (secondary N) is 1. The molecular weight excluding hydrogens is 418 g/mol. The minimum atomic E-state index is -1.00. The van der Waals surface area contributed by atoms with Crippen LogP contribution >= 0.6 is 23.4 Å². The predicted octanol–water partition coefficient (Wildman–Crippen LogP) is 3.14. The normalized spacial score (nSPS) is 21.1. The summed E-state index contributed by atoms with van der Waals surface area (Å²) in [5.41, 5.74) is 2.45. The van der Waals surface area contributed by atoms with Crippen molar-refractivity contribution in [3.8, 4) is 11.1 Å². The van der Waals surface area contributed by atoms with Crippen LogP contribution in [0.25, 0.3) is 11.1 Å². The zero-order valence-corrected chi connectivity index (χ0v) is 17.0. The third kappa shape index (κ3) is 3.18. The van der Waals surface area contributed by atoms with Crippen LogP contribution in [0.3, 0.4) is 0 Å². The van der Waals surface area contributed by atoms with Crippen LogP contribution in [0.1, 0.15) is 5.56 Å². The molecule has 0 bridgehead atoms. The maximum atomic E-state index is 14.6. The SMILES string of the molecule is OC1N=C(N2CCNCC2)c2cc(Cl)c(-c3ccc(F)cc3F)c3c2N1CCS3. The van der Waals surface area contributed by atoms with Gasteiger partial charge in [-0.3, -0.25) is 0 Å². The number of aliphatic imine (C=N–C) groups is 1. The molecule has 152 valence electrons. The lowest BCUT2D eigenvalue weighted by atomic mass is 9.98. The van der Waals surface area contributed by atoms with E-state index < -0.39 is 18.0 Å². The highest BCUT2D eigenvalue weighted by atomic mass is 35.5. The quantitative estimate of drug-likeness (QED) is 0.719. The molecule has 2 aromatic rings. The van der Waals surface area contributed by atoms with Crippen LogP contribution in [0.5, 0.6) is 0 Å². The highest BCUT2D eigenvalue weighted by Crippen LogP contribution is 2.50. The molecule has 0 spiro atoms. The smallest absolute Gasteiger partial charge is 0.227 e. The van der Waals surface area contributed by atoms with E-state index >= 15 is 0 Å². The van der Waals surface area contributed by atoms with Gasteiger partial charge in [0.1, 0.15) is 17.5 Å². The summed E-state index contributed by atoms with van der Waals surface area (Å²) in [6.07, 6.45) is -1.00. The van der Waals surface area contributed by atoms with Crippen LogP contribution < -0.4 is 10.2 Å². The molecule has 3 heterocycles. The number of benzene rings is 2. The molecule has 0 radical (unpaired) electrons. The molecule has 3 aliphatic rings. The Balaban J connectivity index is 1.72. The van der Waals surface area contributed by atoms with E-state index in [1.165, 1.54) is 12.1 Å². The van der Waals surface area contributed by atoms with Gasteiger partial charge >= 0.3 is 0 Å². The zero-order valence-electron chi connectivity index (χ0n) is 15.5. The predicted molar refractivity (Wildman–Crippen MR) is 112 cm³/mol. The molecule has 2 N–H and O–H groups in total. The number of hydrogen-bond donors (Lipinski definition) is 2. The first-order valence-corrected chi connectivity index (χ1v) is 10.8. The van der Waals surface area contributed by atoms with Gasteiger partial charge in [-0.15, -0.1) is 11.8 Å². The Morgan fingerprint density at radius 1 is 1.14 bits per heavy atom. The second-order valence-corrected chi connectivity index (χ2v) is 8.67. The van der Waals surface area contributed by atoms with E-state index in [2.05, 4.69) is 15.2 Å². The minimum absolute atomic E-state index is 0.254. The molecule has 0 amide bonds. The highest BCUT2D eigenvalue weighted by Gasteiger charge is 2.36. The molecule has 9 heteroatoms. The molecule has 0 saturated carbocycles. The minimum Gasteiger partial charge on any atom is -0.355 e. The summed E-state index contributed by atoms with van der Waals surface area (Å²) in [5.74, 6) is 0.125. The van der Waals surface area contributed by atoms with E-state index in [4.69, 9.17) is 11.6 Å². The van der Waals surface area contributed by atoms with Crippen LogP contribution in [-0.4, -0.2) is 60.7 Å². The average Bonchev–Trinajstić information content (AvgIpc) is 2.72. The molecule has 5 rings (SSSR count). The first kappa shape index (κ1) is 19.1. The summed E-state index contributed by atoms with van der Waals surface area (Å²) in [4.78, 5) is 9.32. The number of thioether (sulfide) groups is 1. The van der Waals surface area contributed by atoms with E-state index in [9.17, 15) is 13.9 Å². The Morgan fingerprint density at radius 3 is 2.69 bits per heavy atom. The number of halogens is 3. The van der Waals surface area contributed by atoms with Crippen molar-refractivity contribution in [1.29, 1.82) is 0 Å². The molecule has 5 nitrogen and oxygen atoms in total. The summed E-state index contributed by atoms with van der Waals surface area (Å²) in [6.45, 7) is 3.85. The van der Waals surface area contributed by atoms with Gasteiger partial charge in [0.15, 0.2) is 0 Å². The summed E-state index contributed by atoms with van der Waals surface area (Å²) >= 11 is 8.23. The van der Waals surface area contributed by atoms with Crippen LogP contribution in [-0.2, 0) is 0 Å². The molecule has 29 heavy (non-hydrogen) atoms. The summed E-state index contributed by atoms with van der Waals surface area (Å²) in [7, 11) is 0. The van der Waals surface area contributed by atoms with Gasteiger partial charge in [0.25, 0.3) is 0 Å². The Morgan fingerprint density at radius 2 is 1.93 bits per heavy atom. The van der Waals surface area contributed by atoms with Gasteiger partial charge in [-0.1, -0.05) is 11.6 Å². The summed E-state index contributed by atoms with van der Waals surface area (Å²) < 4.78 is 28.1. The van der Waals surface area contributed by atoms with Crippen molar-refractivity contribution in [2.24, 2.45) is 4.99 Å². The Labute approximate surface area is 176 Å². The Kier molecular flexibility index (Phi) is 4.90. The van der Waals surface area contributed by atoms with E-state index in [-0.39, 0.29) is 5.56 Å². The van der Waals surface area contributed by atoms with E-state index in [0.29, 0.717) is 28.7 Å². The lowest BCUT2D eigenvalue weighted by Gasteiger charge is -2.42. The fourth-order valence-corrected chi connectivity index (χ4v) is 5.70. The number of nitrogens with zero attached hydrogens (tertiary/aromatic N) is 3. The molecular formula is C20H19ClF2N4OS. The Hall–Kier alpha value is -1.87. The van der Waals surface area contributed by atoms with Crippen molar-refractivity contribution >= 4 is 34.9 Å². The van der Waals surface area contributed by atoms with Crippen molar-refractivity contribution < 1.29 is 13.9 Å². The number of piperazine rings is 1. The third-order valence-corrected chi connectivity index (χ3v) is 6.82.